The van der Waals surface area contributed by atoms with Crippen LogP contribution in [-0.2, 0) is 17.6 Å². The van der Waals surface area contributed by atoms with E-state index >= 15 is 0 Å². The van der Waals surface area contributed by atoms with E-state index in [0.717, 1.165) is 45.0 Å². The van der Waals surface area contributed by atoms with Crippen molar-refractivity contribution in [1.29, 1.82) is 0 Å². The molecule has 0 bridgehead atoms. The molecule has 1 aromatic rings. The summed E-state index contributed by atoms with van der Waals surface area (Å²) in [6.07, 6.45) is 6.11. The van der Waals surface area contributed by atoms with Crippen LogP contribution < -0.4 is 5.32 Å². The number of rotatable bonds is 3. The number of nitrogens with one attached hydrogen (secondary N) is 1. The highest BCUT2D eigenvalue weighted by Crippen LogP contribution is 2.24. The minimum Gasteiger partial charge on any atom is -0.381 e. The fourth-order valence-electron chi connectivity index (χ4n) is 3.36. The first-order valence-electron chi connectivity index (χ1n) is 8.15. The van der Waals surface area contributed by atoms with Crippen LogP contribution in [0.5, 0.6) is 0 Å². The maximum atomic E-state index is 5.49. The molecule has 0 saturated carbocycles. The van der Waals surface area contributed by atoms with Gasteiger partial charge >= 0.3 is 0 Å². The molecule has 0 atom stereocenters. The highest BCUT2D eigenvalue weighted by molar-refractivity contribution is 5.47. The lowest BCUT2D eigenvalue weighted by atomic mass is 10.1. The lowest BCUT2D eigenvalue weighted by Crippen LogP contribution is -2.40. The molecule has 0 spiro atoms. The van der Waals surface area contributed by atoms with Gasteiger partial charge in [-0.05, 0) is 33.1 Å². The Balaban J connectivity index is 1.73. The molecule has 1 saturated heterocycles. The van der Waals surface area contributed by atoms with Gasteiger partial charge in [-0.2, -0.15) is 0 Å². The molecule has 2 aliphatic rings. The van der Waals surface area contributed by atoms with Crippen LogP contribution in [0.4, 0.5) is 5.82 Å². The molecule has 0 aliphatic carbocycles. The van der Waals surface area contributed by atoms with Gasteiger partial charge in [-0.25, -0.2) is 9.97 Å². The zero-order valence-corrected chi connectivity index (χ0v) is 13.1. The SMILES string of the molecule is CC(C)Nc1ncnc2c1CCN(C1CCOCC1)CC2. The van der Waals surface area contributed by atoms with E-state index in [0.29, 0.717) is 12.1 Å². The second kappa shape index (κ2) is 6.71. The van der Waals surface area contributed by atoms with Gasteiger partial charge in [-0.3, -0.25) is 4.90 Å². The molecule has 116 valence electrons. The van der Waals surface area contributed by atoms with E-state index < -0.39 is 0 Å². The summed E-state index contributed by atoms with van der Waals surface area (Å²) in [5.74, 6) is 1.03. The number of hydrogen-bond acceptors (Lipinski definition) is 5. The fraction of sp³-hybridized carbons (Fsp3) is 0.750. The fourth-order valence-corrected chi connectivity index (χ4v) is 3.36. The summed E-state index contributed by atoms with van der Waals surface area (Å²) in [6, 6.07) is 1.08. The summed E-state index contributed by atoms with van der Waals surface area (Å²) in [6.45, 7) is 8.34. The van der Waals surface area contributed by atoms with Crippen LogP contribution in [0, 0.1) is 0 Å². The maximum Gasteiger partial charge on any atom is 0.133 e. The number of hydrogen-bond donors (Lipinski definition) is 1. The van der Waals surface area contributed by atoms with Crippen LogP contribution >= 0.6 is 0 Å². The van der Waals surface area contributed by atoms with Crippen molar-refractivity contribution in [3.8, 4) is 0 Å². The van der Waals surface area contributed by atoms with Gasteiger partial charge in [0.2, 0.25) is 0 Å². The van der Waals surface area contributed by atoms with Crippen LogP contribution in [0.25, 0.3) is 0 Å². The Hall–Kier alpha value is -1.20. The van der Waals surface area contributed by atoms with Crippen molar-refractivity contribution in [2.75, 3.05) is 31.6 Å². The van der Waals surface area contributed by atoms with Gasteiger partial charge in [-0.1, -0.05) is 0 Å². The molecule has 5 heteroatoms. The van der Waals surface area contributed by atoms with Gasteiger partial charge < -0.3 is 10.1 Å². The monoisotopic (exact) mass is 290 g/mol. The predicted octanol–water partition coefficient (Wildman–Crippen LogP) is 1.88. The van der Waals surface area contributed by atoms with Crippen molar-refractivity contribution in [1.82, 2.24) is 14.9 Å². The van der Waals surface area contributed by atoms with Crippen molar-refractivity contribution in [2.45, 2.75) is 51.6 Å². The quantitative estimate of drug-likeness (QED) is 0.921. The number of fused-ring (bicyclic) bond motifs is 1. The largest absolute Gasteiger partial charge is 0.381 e. The predicted molar refractivity (Wildman–Crippen MR) is 83.6 cm³/mol. The van der Waals surface area contributed by atoms with E-state index in [9.17, 15) is 0 Å². The van der Waals surface area contributed by atoms with E-state index in [2.05, 4.69) is 34.0 Å². The van der Waals surface area contributed by atoms with Gasteiger partial charge in [0.05, 0.1) is 5.69 Å². The van der Waals surface area contributed by atoms with Crippen molar-refractivity contribution in [2.24, 2.45) is 0 Å². The molecule has 0 radical (unpaired) electrons. The third kappa shape index (κ3) is 3.52. The summed E-state index contributed by atoms with van der Waals surface area (Å²) in [7, 11) is 0. The second-order valence-electron chi connectivity index (χ2n) is 6.33. The molecule has 0 aromatic carbocycles. The van der Waals surface area contributed by atoms with Crippen LogP contribution in [0.1, 0.15) is 37.9 Å². The Kier molecular flexibility index (Phi) is 4.70. The maximum absolute atomic E-state index is 5.49. The summed E-state index contributed by atoms with van der Waals surface area (Å²) in [4.78, 5) is 11.6. The van der Waals surface area contributed by atoms with Gasteiger partial charge in [0.1, 0.15) is 12.1 Å². The van der Waals surface area contributed by atoms with Crippen molar-refractivity contribution < 1.29 is 4.74 Å². The van der Waals surface area contributed by atoms with Crippen LogP contribution in [0.3, 0.4) is 0 Å². The first kappa shape index (κ1) is 14.7. The van der Waals surface area contributed by atoms with E-state index in [1.54, 1.807) is 6.33 Å². The van der Waals surface area contributed by atoms with E-state index in [1.165, 1.54) is 24.1 Å². The normalized spacial score (nSPS) is 21.1. The topological polar surface area (TPSA) is 50.3 Å². The summed E-state index contributed by atoms with van der Waals surface area (Å²) >= 11 is 0. The van der Waals surface area contributed by atoms with Gasteiger partial charge in [0.15, 0.2) is 0 Å². The van der Waals surface area contributed by atoms with E-state index in [-0.39, 0.29) is 0 Å². The Bertz CT molecular complexity index is 471. The molecular weight excluding hydrogens is 264 g/mol. The van der Waals surface area contributed by atoms with Gasteiger partial charge in [0, 0.05) is 50.4 Å². The standard InChI is InChI=1S/C16H26N4O/c1-12(2)19-16-14-3-7-20(13-5-9-21-10-6-13)8-4-15(14)17-11-18-16/h11-13H,3-10H2,1-2H3,(H,17,18,19). The molecular formula is C16H26N4O. The summed E-state index contributed by atoms with van der Waals surface area (Å²) in [5.41, 5.74) is 2.54. The van der Waals surface area contributed by atoms with Gasteiger partial charge in [0.25, 0.3) is 0 Å². The van der Waals surface area contributed by atoms with E-state index in [1.807, 2.05) is 0 Å². The third-order valence-corrected chi connectivity index (χ3v) is 4.45. The number of ether oxygens (including phenoxy) is 1. The van der Waals surface area contributed by atoms with Gasteiger partial charge in [-0.15, -0.1) is 0 Å². The molecule has 21 heavy (non-hydrogen) atoms. The molecule has 2 aliphatic heterocycles. The Labute approximate surface area is 127 Å². The lowest BCUT2D eigenvalue weighted by Gasteiger charge is -2.33. The smallest absolute Gasteiger partial charge is 0.133 e. The molecule has 0 amide bonds. The third-order valence-electron chi connectivity index (χ3n) is 4.45. The molecule has 0 unspecified atom stereocenters. The first-order valence-corrected chi connectivity index (χ1v) is 8.15. The Morgan fingerprint density at radius 2 is 1.95 bits per heavy atom. The zero-order chi connectivity index (χ0) is 14.7. The lowest BCUT2D eigenvalue weighted by molar-refractivity contribution is 0.0355. The Morgan fingerprint density at radius 3 is 2.71 bits per heavy atom. The number of aromatic nitrogens is 2. The van der Waals surface area contributed by atoms with Crippen molar-refractivity contribution >= 4 is 5.82 Å². The molecule has 3 rings (SSSR count). The van der Waals surface area contributed by atoms with Crippen LogP contribution in [0.2, 0.25) is 0 Å². The average molecular weight is 290 g/mol. The first-order chi connectivity index (χ1) is 10.2. The summed E-state index contributed by atoms with van der Waals surface area (Å²) < 4.78 is 5.49. The second-order valence-corrected chi connectivity index (χ2v) is 6.33. The average Bonchev–Trinajstić information content (AvgIpc) is 2.71. The highest BCUT2D eigenvalue weighted by atomic mass is 16.5. The zero-order valence-electron chi connectivity index (χ0n) is 13.1. The molecule has 1 N–H and O–H groups in total. The molecule has 1 aromatic heterocycles. The minimum atomic E-state index is 0.402. The molecule has 5 nitrogen and oxygen atoms in total. The van der Waals surface area contributed by atoms with Crippen molar-refractivity contribution in [3.05, 3.63) is 17.6 Å². The summed E-state index contributed by atoms with van der Waals surface area (Å²) in [5, 5.41) is 3.47. The molecule has 1 fully saturated rings. The highest BCUT2D eigenvalue weighted by Gasteiger charge is 2.25. The van der Waals surface area contributed by atoms with Crippen LogP contribution in [-0.4, -0.2) is 53.3 Å². The minimum absolute atomic E-state index is 0.402. The molecule has 3 heterocycles. The number of anilines is 1. The van der Waals surface area contributed by atoms with Crippen LogP contribution in [0.15, 0.2) is 6.33 Å². The van der Waals surface area contributed by atoms with E-state index in [4.69, 9.17) is 4.74 Å². The number of nitrogens with zero attached hydrogens (tertiary/aromatic N) is 3. The Morgan fingerprint density at radius 1 is 1.19 bits per heavy atom. The van der Waals surface area contributed by atoms with Crippen molar-refractivity contribution in [3.63, 3.8) is 0 Å².